The fourth-order valence-electron chi connectivity index (χ4n) is 2.12. The first-order valence-corrected chi connectivity index (χ1v) is 7.33. The highest BCUT2D eigenvalue weighted by Gasteiger charge is 2.36. The Balaban J connectivity index is 1.94. The zero-order valence-corrected chi connectivity index (χ0v) is 10.0. The number of rotatable bonds is 4. The number of sulfonamides is 1. The van der Waals surface area contributed by atoms with E-state index in [2.05, 4.69) is 0 Å². The second kappa shape index (κ2) is 4.03. The Morgan fingerprint density at radius 3 is 2.53 bits per heavy atom. The van der Waals surface area contributed by atoms with Gasteiger partial charge in [0.1, 0.15) is 0 Å². The summed E-state index contributed by atoms with van der Waals surface area (Å²) in [5.74, 6) is 1.14. The van der Waals surface area contributed by atoms with Crippen molar-refractivity contribution in [3.8, 4) is 0 Å². The molecule has 1 heterocycles. The molecule has 1 saturated heterocycles. The van der Waals surface area contributed by atoms with Crippen LogP contribution in [0.5, 0.6) is 0 Å². The highest BCUT2D eigenvalue weighted by molar-refractivity contribution is 7.89. The normalized spacial score (nSPS) is 30.7. The highest BCUT2D eigenvalue weighted by atomic mass is 32.2. The average Bonchev–Trinajstić information content (AvgIpc) is 2.80. The van der Waals surface area contributed by atoms with E-state index in [1.807, 2.05) is 6.92 Å². The molecule has 88 valence electrons. The summed E-state index contributed by atoms with van der Waals surface area (Å²) in [7, 11) is -2.99. The largest absolute Gasteiger partial charge is 0.328 e. The molecule has 4 nitrogen and oxygen atoms in total. The molecule has 1 saturated carbocycles. The molecule has 2 atom stereocenters. The van der Waals surface area contributed by atoms with Crippen LogP contribution in [0.2, 0.25) is 0 Å². The maximum absolute atomic E-state index is 11.9. The SMILES string of the molecule is CC(N)C1CCN(S(=O)(=O)CC2CC2)C1. The zero-order chi connectivity index (χ0) is 11.1. The van der Waals surface area contributed by atoms with Crippen molar-refractivity contribution < 1.29 is 8.42 Å². The molecule has 0 bridgehead atoms. The summed E-state index contributed by atoms with van der Waals surface area (Å²) in [5, 5.41) is 0. The summed E-state index contributed by atoms with van der Waals surface area (Å²) in [5.41, 5.74) is 5.80. The molecule has 2 unspecified atom stereocenters. The van der Waals surface area contributed by atoms with Crippen LogP contribution in [0.4, 0.5) is 0 Å². The van der Waals surface area contributed by atoms with Crippen LogP contribution in [-0.2, 0) is 10.0 Å². The molecule has 2 N–H and O–H groups in total. The lowest BCUT2D eigenvalue weighted by atomic mass is 10.0. The first kappa shape index (κ1) is 11.4. The lowest BCUT2D eigenvalue weighted by Crippen LogP contribution is -2.34. The summed E-state index contributed by atoms with van der Waals surface area (Å²) in [6, 6.07) is 0.103. The van der Waals surface area contributed by atoms with Gasteiger partial charge >= 0.3 is 0 Å². The van der Waals surface area contributed by atoms with E-state index in [1.54, 1.807) is 4.31 Å². The van der Waals surface area contributed by atoms with Crippen molar-refractivity contribution in [2.24, 2.45) is 17.6 Å². The first-order valence-electron chi connectivity index (χ1n) is 5.72. The van der Waals surface area contributed by atoms with E-state index in [0.717, 1.165) is 19.3 Å². The summed E-state index contributed by atoms with van der Waals surface area (Å²) in [4.78, 5) is 0. The van der Waals surface area contributed by atoms with Crippen LogP contribution in [0.1, 0.15) is 26.2 Å². The number of nitrogens with zero attached hydrogens (tertiary/aromatic N) is 1. The maximum Gasteiger partial charge on any atom is 0.214 e. The average molecular weight is 232 g/mol. The Morgan fingerprint density at radius 2 is 2.07 bits per heavy atom. The lowest BCUT2D eigenvalue weighted by Gasteiger charge is -2.17. The van der Waals surface area contributed by atoms with Crippen molar-refractivity contribution in [1.82, 2.24) is 4.31 Å². The van der Waals surface area contributed by atoms with Crippen LogP contribution in [0.15, 0.2) is 0 Å². The molecule has 0 aromatic rings. The topological polar surface area (TPSA) is 63.4 Å². The minimum Gasteiger partial charge on any atom is -0.328 e. The third-order valence-electron chi connectivity index (χ3n) is 3.47. The second-order valence-electron chi connectivity index (χ2n) is 4.99. The van der Waals surface area contributed by atoms with Crippen molar-refractivity contribution in [3.05, 3.63) is 0 Å². The van der Waals surface area contributed by atoms with Crippen molar-refractivity contribution in [1.29, 1.82) is 0 Å². The van der Waals surface area contributed by atoms with Crippen molar-refractivity contribution in [3.63, 3.8) is 0 Å². The van der Waals surface area contributed by atoms with E-state index in [1.165, 1.54) is 0 Å². The highest BCUT2D eigenvalue weighted by Crippen LogP contribution is 2.32. The van der Waals surface area contributed by atoms with Crippen LogP contribution < -0.4 is 5.73 Å². The minimum absolute atomic E-state index is 0.103. The molecule has 2 rings (SSSR count). The molecule has 2 fully saturated rings. The van der Waals surface area contributed by atoms with Crippen molar-refractivity contribution >= 4 is 10.0 Å². The van der Waals surface area contributed by atoms with Crippen molar-refractivity contribution in [2.75, 3.05) is 18.8 Å². The van der Waals surface area contributed by atoms with Crippen molar-refractivity contribution in [2.45, 2.75) is 32.2 Å². The maximum atomic E-state index is 11.9. The van der Waals surface area contributed by atoms with E-state index < -0.39 is 10.0 Å². The van der Waals surface area contributed by atoms with Crippen LogP contribution in [0.3, 0.4) is 0 Å². The first-order chi connectivity index (χ1) is 6.99. The second-order valence-corrected chi connectivity index (χ2v) is 7.00. The predicted molar refractivity (Wildman–Crippen MR) is 59.8 cm³/mol. The molecular weight excluding hydrogens is 212 g/mol. The third kappa shape index (κ3) is 2.71. The molecule has 1 aliphatic heterocycles. The van der Waals surface area contributed by atoms with Gasteiger partial charge in [-0.2, -0.15) is 0 Å². The van der Waals surface area contributed by atoms with Crippen LogP contribution >= 0.6 is 0 Å². The van der Waals surface area contributed by atoms with E-state index in [-0.39, 0.29) is 6.04 Å². The predicted octanol–water partition coefficient (Wildman–Crippen LogP) is 0.395. The van der Waals surface area contributed by atoms with Crippen LogP contribution in [-0.4, -0.2) is 37.6 Å². The lowest BCUT2D eigenvalue weighted by molar-refractivity contribution is 0.428. The number of hydrogen-bond acceptors (Lipinski definition) is 3. The fraction of sp³-hybridized carbons (Fsp3) is 1.00. The van der Waals surface area contributed by atoms with Gasteiger partial charge in [0, 0.05) is 19.1 Å². The van der Waals surface area contributed by atoms with Gasteiger partial charge in [-0.25, -0.2) is 12.7 Å². The minimum atomic E-state index is -2.99. The molecule has 0 aromatic heterocycles. The zero-order valence-electron chi connectivity index (χ0n) is 9.22. The Morgan fingerprint density at radius 1 is 1.40 bits per heavy atom. The van der Waals surface area contributed by atoms with Gasteiger partial charge in [-0.3, -0.25) is 0 Å². The summed E-state index contributed by atoms with van der Waals surface area (Å²) < 4.78 is 25.5. The number of hydrogen-bond donors (Lipinski definition) is 1. The molecule has 0 spiro atoms. The van der Waals surface area contributed by atoms with Gasteiger partial charge < -0.3 is 5.73 Å². The molecule has 0 aromatic carbocycles. The monoisotopic (exact) mass is 232 g/mol. The van der Waals surface area contributed by atoms with Gasteiger partial charge in [-0.1, -0.05) is 0 Å². The smallest absolute Gasteiger partial charge is 0.214 e. The molecule has 0 radical (unpaired) electrons. The molecule has 1 aliphatic carbocycles. The summed E-state index contributed by atoms with van der Waals surface area (Å²) in [6.07, 6.45) is 3.09. The molecule has 15 heavy (non-hydrogen) atoms. The van der Waals surface area contributed by atoms with Crippen LogP contribution in [0.25, 0.3) is 0 Å². The van der Waals surface area contributed by atoms with Gasteiger partial charge in [-0.15, -0.1) is 0 Å². The molecule has 0 amide bonds. The van der Waals surface area contributed by atoms with Gasteiger partial charge in [0.25, 0.3) is 0 Å². The Kier molecular flexibility index (Phi) is 3.05. The number of nitrogens with two attached hydrogens (primary N) is 1. The van der Waals surface area contributed by atoms with Crippen LogP contribution in [0, 0.1) is 11.8 Å². The van der Waals surface area contributed by atoms with E-state index in [4.69, 9.17) is 5.73 Å². The summed E-state index contributed by atoms with van der Waals surface area (Å²) in [6.45, 7) is 3.26. The van der Waals surface area contributed by atoms with Gasteiger partial charge in [0.2, 0.25) is 10.0 Å². The Hall–Kier alpha value is -0.130. The fourth-order valence-corrected chi connectivity index (χ4v) is 4.07. The quantitative estimate of drug-likeness (QED) is 0.763. The van der Waals surface area contributed by atoms with Gasteiger partial charge in [0.05, 0.1) is 5.75 Å². The third-order valence-corrected chi connectivity index (χ3v) is 5.48. The standard InChI is InChI=1S/C10H20N2O2S/c1-8(11)10-4-5-12(6-10)15(13,14)7-9-2-3-9/h8-10H,2-7,11H2,1H3. The van der Waals surface area contributed by atoms with E-state index >= 15 is 0 Å². The molecule has 2 aliphatic rings. The Bertz CT molecular complexity index is 322. The summed E-state index contributed by atoms with van der Waals surface area (Å²) >= 11 is 0. The Labute approximate surface area is 91.9 Å². The van der Waals surface area contributed by atoms with E-state index in [0.29, 0.717) is 30.7 Å². The molecule has 5 heteroatoms. The van der Waals surface area contributed by atoms with E-state index in [9.17, 15) is 8.42 Å². The molecular formula is C10H20N2O2S. The van der Waals surface area contributed by atoms with Gasteiger partial charge in [0.15, 0.2) is 0 Å². The van der Waals surface area contributed by atoms with Gasteiger partial charge in [-0.05, 0) is 38.0 Å².